The van der Waals surface area contributed by atoms with Crippen molar-refractivity contribution in [3.05, 3.63) is 29.6 Å². The highest BCUT2D eigenvalue weighted by molar-refractivity contribution is 6.22. The zero-order chi connectivity index (χ0) is 23.3. The van der Waals surface area contributed by atoms with Crippen molar-refractivity contribution >= 4 is 17.4 Å². The number of nitrogens with zero attached hydrogens (tertiary/aromatic N) is 1. The third-order valence-corrected chi connectivity index (χ3v) is 5.60. The number of cyclic esters (lactones) is 1. The molecule has 1 aromatic rings. The molecular weight excluding hydrogens is 408 g/mol. The van der Waals surface area contributed by atoms with Gasteiger partial charge in [-0.3, -0.25) is 4.79 Å². The van der Waals surface area contributed by atoms with E-state index in [2.05, 4.69) is 24.1 Å². The molecule has 32 heavy (non-hydrogen) atoms. The molecule has 0 spiro atoms. The minimum atomic E-state index is -0.572. The molecule has 0 atom stereocenters. The lowest BCUT2D eigenvalue weighted by atomic mass is 10.1. The number of ether oxygens (including phenoxy) is 3. The van der Waals surface area contributed by atoms with Crippen LogP contribution in [-0.4, -0.2) is 50.6 Å². The van der Waals surface area contributed by atoms with Gasteiger partial charge in [0.25, 0.3) is 0 Å². The van der Waals surface area contributed by atoms with Crippen molar-refractivity contribution in [3.63, 3.8) is 0 Å². The highest BCUT2D eigenvalue weighted by atomic mass is 16.5. The number of hydrogen-bond acceptors (Lipinski definition) is 7. The predicted octanol–water partition coefficient (Wildman–Crippen LogP) is 4.92. The van der Waals surface area contributed by atoms with Gasteiger partial charge < -0.3 is 24.4 Å². The quantitative estimate of drug-likeness (QED) is 0.177. The third-order valence-electron chi connectivity index (χ3n) is 5.60. The average Bonchev–Trinajstić information content (AvgIpc) is 3.14. The summed E-state index contributed by atoms with van der Waals surface area (Å²) in [4.78, 5) is 27.2. The first-order chi connectivity index (χ1) is 15.5. The van der Waals surface area contributed by atoms with Gasteiger partial charge in [0.2, 0.25) is 5.78 Å². The van der Waals surface area contributed by atoms with E-state index in [1.807, 2.05) is 12.1 Å². The summed E-state index contributed by atoms with van der Waals surface area (Å²) in [6.07, 6.45) is 8.81. The molecule has 1 heterocycles. The Morgan fingerprint density at radius 2 is 1.62 bits per heavy atom. The Kier molecular flexibility index (Phi) is 10.9. The Balaban J connectivity index is 2.39. The first-order valence-electron chi connectivity index (χ1n) is 11.7. The van der Waals surface area contributed by atoms with Gasteiger partial charge in [0.05, 0.1) is 19.9 Å². The second-order valence-corrected chi connectivity index (χ2v) is 8.02. The minimum Gasteiger partial charge on any atom is -0.497 e. The van der Waals surface area contributed by atoms with E-state index in [-0.39, 0.29) is 18.0 Å². The van der Waals surface area contributed by atoms with Crippen LogP contribution in [0, 0.1) is 0 Å². The lowest BCUT2D eigenvalue weighted by molar-refractivity contribution is -0.135. The number of anilines is 1. The molecule has 7 heteroatoms. The van der Waals surface area contributed by atoms with Crippen LogP contribution >= 0.6 is 0 Å². The van der Waals surface area contributed by atoms with E-state index in [4.69, 9.17) is 14.2 Å². The second kappa shape index (κ2) is 13.7. The molecule has 0 unspecified atom stereocenters. The minimum absolute atomic E-state index is 0.0915. The van der Waals surface area contributed by atoms with Gasteiger partial charge >= 0.3 is 5.97 Å². The van der Waals surface area contributed by atoms with Crippen LogP contribution < -0.4 is 14.8 Å². The first-order valence-corrected chi connectivity index (χ1v) is 11.7. The molecule has 0 bridgehead atoms. The maximum absolute atomic E-state index is 12.6. The molecule has 1 fully saturated rings. The third kappa shape index (κ3) is 7.18. The summed E-state index contributed by atoms with van der Waals surface area (Å²) in [7, 11) is 3.17. The molecule has 2 rings (SSSR count). The Morgan fingerprint density at radius 1 is 0.969 bits per heavy atom. The molecule has 1 aliphatic heterocycles. The van der Waals surface area contributed by atoms with Crippen molar-refractivity contribution in [1.82, 2.24) is 4.90 Å². The zero-order valence-electron chi connectivity index (χ0n) is 20.0. The van der Waals surface area contributed by atoms with Crippen molar-refractivity contribution in [2.45, 2.75) is 65.2 Å². The number of carbonyl (C=O) groups is 2. The smallest absolute Gasteiger partial charge is 0.346 e. The lowest BCUT2D eigenvalue weighted by Gasteiger charge is -2.29. The number of hydrogen-bond donors (Lipinski definition) is 1. The number of benzene rings is 1. The summed E-state index contributed by atoms with van der Waals surface area (Å²) >= 11 is 0. The number of rotatable bonds is 15. The van der Waals surface area contributed by atoms with Crippen LogP contribution in [-0.2, 0) is 14.3 Å². The SMILES string of the molecule is CCCCCCN(CCCCCC)/C(Nc1ccc(OC)cc1OC)=C1/C(=O)COC1=O. The number of nitrogens with one attached hydrogen (secondary N) is 1. The normalized spacial score (nSPS) is 14.9. The highest BCUT2D eigenvalue weighted by Gasteiger charge is 2.34. The number of esters is 1. The monoisotopic (exact) mass is 446 g/mol. The van der Waals surface area contributed by atoms with Gasteiger partial charge in [0.1, 0.15) is 22.9 Å². The number of methoxy groups -OCH3 is 2. The Labute approximate surface area is 192 Å². The molecule has 0 radical (unpaired) electrons. The van der Waals surface area contributed by atoms with E-state index < -0.39 is 5.97 Å². The zero-order valence-corrected chi connectivity index (χ0v) is 20.0. The molecule has 178 valence electrons. The molecule has 1 aliphatic rings. The topological polar surface area (TPSA) is 77.1 Å². The van der Waals surface area contributed by atoms with Crippen LogP contribution in [0.25, 0.3) is 0 Å². The average molecular weight is 447 g/mol. The van der Waals surface area contributed by atoms with Crippen molar-refractivity contribution in [3.8, 4) is 11.5 Å². The standard InChI is InChI=1S/C25H38N2O5/c1-5-7-9-11-15-27(16-12-10-8-6-2)24(23-21(28)18-32-25(23)29)26-20-14-13-19(30-3)17-22(20)31-4/h13-14,17,26H,5-12,15-16,18H2,1-4H3/b24-23-. The van der Waals surface area contributed by atoms with Crippen molar-refractivity contribution in [2.75, 3.05) is 39.2 Å². The van der Waals surface area contributed by atoms with E-state index in [0.29, 0.717) is 23.0 Å². The van der Waals surface area contributed by atoms with E-state index >= 15 is 0 Å². The fraction of sp³-hybridized carbons (Fsp3) is 0.600. The van der Waals surface area contributed by atoms with Crippen LogP contribution in [0.5, 0.6) is 11.5 Å². The largest absolute Gasteiger partial charge is 0.497 e. The molecule has 1 saturated heterocycles. The Morgan fingerprint density at radius 3 is 2.12 bits per heavy atom. The van der Waals surface area contributed by atoms with Gasteiger partial charge in [-0.1, -0.05) is 52.4 Å². The maximum atomic E-state index is 12.6. The maximum Gasteiger partial charge on any atom is 0.346 e. The summed E-state index contributed by atoms with van der Waals surface area (Å²) in [5, 5.41) is 3.34. The van der Waals surface area contributed by atoms with Crippen molar-refractivity contribution in [2.24, 2.45) is 0 Å². The molecule has 1 N–H and O–H groups in total. The van der Waals surface area contributed by atoms with Crippen molar-refractivity contribution < 1.29 is 23.8 Å². The van der Waals surface area contributed by atoms with Gasteiger partial charge in [-0.15, -0.1) is 0 Å². The molecule has 0 saturated carbocycles. The number of Topliss-reactive ketones (excluding diaryl/α,β-unsaturated/α-hetero) is 1. The van der Waals surface area contributed by atoms with Gasteiger partial charge in [-0.05, 0) is 25.0 Å². The summed E-state index contributed by atoms with van der Waals surface area (Å²) < 4.78 is 15.9. The fourth-order valence-electron chi connectivity index (χ4n) is 3.74. The van der Waals surface area contributed by atoms with Crippen molar-refractivity contribution in [1.29, 1.82) is 0 Å². The Bertz CT molecular complexity index is 761. The number of unbranched alkanes of at least 4 members (excludes halogenated alkanes) is 6. The highest BCUT2D eigenvalue weighted by Crippen LogP contribution is 2.32. The molecule has 0 amide bonds. The van der Waals surface area contributed by atoms with E-state index in [0.717, 1.165) is 64.5 Å². The molecule has 7 nitrogen and oxygen atoms in total. The molecule has 1 aromatic carbocycles. The van der Waals surface area contributed by atoms with E-state index in [1.165, 1.54) is 0 Å². The molecular formula is C25H38N2O5. The fourth-order valence-corrected chi connectivity index (χ4v) is 3.74. The Hall–Kier alpha value is -2.70. The second-order valence-electron chi connectivity index (χ2n) is 8.02. The van der Waals surface area contributed by atoms with Gasteiger partial charge in [-0.25, -0.2) is 4.79 Å². The van der Waals surface area contributed by atoms with Crippen LogP contribution in [0.3, 0.4) is 0 Å². The van der Waals surface area contributed by atoms with Crippen LogP contribution in [0.1, 0.15) is 65.2 Å². The first kappa shape index (κ1) is 25.6. The van der Waals surface area contributed by atoms with Crippen LogP contribution in [0.2, 0.25) is 0 Å². The van der Waals surface area contributed by atoms with Gasteiger partial charge in [0, 0.05) is 19.2 Å². The predicted molar refractivity (Wildman–Crippen MR) is 126 cm³/mol. The summed E-state index contributed by atoms with van der Waals surface area (Å²) in [6.45, 7) is 5.67. The summed E-state index contributed by atoms with van der Waals surface area (Å²) in [6, 6.07) is 5.41. The molecule has 0 aromatic heterocycles. The molecule has 0 aliphatic carbocycles. The van der Waals surface area contributed by atoms with Crippen LogP contribution in [0.4, 0.5) is 5.69 Å². The van der Waals surface area contributed by atoms with Gasteiger partial charge in [-0.2, -0.15) is 0 Å². The van der Waals surface area contributed by atoms with E-state index in [9.17, 15) is 9.59 Å². The lowest BCUT2D eigenvalue weighted by Crippen LogP contribution is -2.33. The van der Waals surface area contributed by atoms with E-state index in [1.54, 1.807) is 20.3 Å². The van der Waals surface area contributed by atoms with Gasteiger partial charge in [0.15, 0.2) is 6.61 Å². The number of carbonyl (C=O) groups excluding carboxylic acids is 2. The van der Waals surface area contributed by atoms with Crippen LogP contribution in [0.15, 0.2) is 29.6 Å². The summed E-state index contributed by atoms with van der Waals surface area (Å²) in [5.74, 6) is 0.871. The number of ketones is 1. The summed E-state index contributed by atoms with van der Waals surface area (Å²) in [5.41, 5.74) is 0.754.